The maximum Gasteiger partial charge on any atom is 0.236 e. The first-order valence-corrected chi connectivity index (χ1v) is 7.49. The lowest BCUT2D eigenvalue weighted by atomic mass is 9.98. The number of carbonyl (C=O) groups excluding carboxylic acids is 1. The molecule has 0 unspecified atom stereocenters. The quantitative estimate of drug-likeness (QED) is 0.832. The molecule has 1 heterocycles. The molecule has 0 saturated heterocycles. The Balaban J connectivity index is 2.66. The molecule has 0 aliphatic rings. The highest BCUT2D eigenvalue weighted by atomic mass is 32.1. The summed E-state index contributed by atoms with van der Waals surface area (Å²) in [5, 5.41) is 3.25. The van der Waals surface area contributed by atoms with E-state index in [1.165, 1.54) is 0 Å². The number of likely N-dealkylation sites (N-methyl/N-ethyl adjacent to an activating group) is 2. The van der Waals surface area contributed by atoms with Gasteiger partial charge in [0.15, 0.2) is 0 Å². The van der Waals surface area contributed by atoms with Crippen LogP contribution in [0.25, 0.3) is 0 Å². The predicted molar refractivity (Wildman–Crippen MR) is 80.5 cm³/mol. The van der Waals surface area contributed by atoms with Crippen molar-refractivity contribution >= 4 is 17.2 Å². The minimum Gasteiger partial charge on any atom is -0.348 e. The molecular formula is C14H25N3OS. The number of amides is 1. The van der Waals surface area contributed by atoms with Crippen molar-refractivity contribution in [2.45, 2.75) is 39.7 Å². The fraction of sp³-hybridized carbons (Fsp3) is 0.714. The number of rotatable bonds is 5. The fourth-order valence-electron chi connectivity index (χ4n) is 1.57. The van der Waals surface area contributed by atoms with Gasteiger partial charge in [-0.15, -0.1) is 11.3 Å². The van der Waals surface area contributed by atoms with Crippen molar-refractivity contribution in [1.82, 2.24) is 14.8 Å². The average molecular weight is 283 g/mol. The molecule has 1 rings (SSSR count). The summed E-state index contributed by atoms with van der Waals surface area (Å²) in [5.41, 5.74) is 1.16. The van der Waals surface area contributed by atoms with E-state index >= 15 is 0 Å². The zero-order valence-electron chi connectivity index (χ0n) is 12.9. The van der Waals surface area contributed by atoms with Crippen molar-refractivity contribution in [3.8, 4) is 0 Å². The van der Waals surface area contributed by atoms with E-state index < -0.39 is 0 Å². The fourth-order valence-corrected chi connectivity index (χ4v) is 2.46. The lowest BCUT2D eigenvalue weighted by Gasteiger charge is -2.21. The summed E-state index contributed by atoms with van der Waals surface area (Å²) in [6.07, 6.45) is 0. The molecule has 0 fully saturated rings. The third kappa shape index (κ3) is 4.91. The van der Waals surface area contributed by atoms with Crippen molar-refractivity contribution < 1.29 is 4.79 Å². The Kier molecular flexibility index (Phi) is 5.50. The largest absolute Gasteiger partial charge is 0.348 e. The van der Waals surface area contributed by atoms with Crippen LogP contribution in [-0.2, 0) is 16.8 Å². The van der Waals surface area contributed by atoms with Crippen molar-refractivity contribution in [2.24, 2.45) is 0 Å². The van der Waals surface area contributed by atoms with E-state index in [0.29, 0.717) is 6.54 Å². The highest BCUT2D eigenvalue weighted by Gasteiger charge is 2.19. The highest BCUT2D eigenvalue weighted by molar-refractivity contribution is 7.09. The van der Waals surface area contributed by atoms with Gasteiger partial charge in [0.25, 0.3) is 0 Å². The van der Waals surface area contributed by atoms with Crippen molar-refractivity contribution in [3.63, 3.8) is 0 Å². The number of carbonyl (C=O) groups is 1. The molecule has 0 aliphatic heterocycles. The molecule has 0 bridgehead atoms. The lowest BCUT2D eigenvalue weighted by Crippen LogP contribution is -2.36. The zero-order chi connectivity index (χ0) is 14.6. The van der Waals surface area contributed by atoms with Crippen LogP contribution in [0.3, 0.4) is 0 Å². The van der Waals surface area contributed by atoms with Crippen molar-refractivity contribution in [1.29, 1.82) is 0 Å². The van der Waals surface area contributed by atoms with Crippen LogP contribution in [0, 0.1) is 0 Å². The maximum atomic E-state index is 11.7. The second kappa shape index (κ2) is 6.48. The summed E-state index contributed by atoms with van der Waals surface area (Å²) in [6, 6.07) is 0. The number of hydrogen-bond acceptors (Lipinski definition) is 4. The molecule has 4 nitrogen and oxygen atoms in total. The molecule has 19 heavy (non-hydrogen) atoms. The number of nitrogens with zero attached hydrogens (tertiary/aromatic N) is 3. The van der Waals surface area contributed by atoms with Gasteiger partial charge in [0.1, 0.15) is 0 Å². The Bertz CT molecular complexity index is 421. The standard InChI is InChI=1S/C14H25N3OS/c1-7-17(9-12(18)16(5)6)8-11-10-19-13(15-11)14(2,3)4/h10H,7-9H2,1-6H3. The van der Waals surface area contributed by atoms with E-state index in [1.54, 1.807) is 30.3 Å². The Morgan fingerprint density at radius 1 is 1.37 bits per heavy atom. The maximum absolute atomic E-state index is 11.7. The van der Waals surface area contributed by atoms with Gasteiger partial charge < -0.3 is 4.90 Å². The van der Waals surface area contributed by atoms with E-state index in [2.05, 4.69) is 43.0 Å². The van der Waals surface area contributed by atoms with Gasteiger partial charge in [-0.25, -0.2) is 4.98 Å². The second-order valence-corrected chi connectivity index (χ2v) is 6.84. The number of hydrogen-bond donors (Lipinski definition) is 0. The summed E-state index contributed by atoms with van der Waals surface area (Å²) < 4.78 is 0. The van der Waals surface area contributed by atoms with Crippen LogP contribution < -0.4 is 0 Å². The van der Waals surface area contributed by atoms with E-state index in [4.69, 9.17) is 0 Å². The smallest absolute Gasteiger partial charge is 0.236 e. The number of aromatic nitrogens is 1. The Hall–Kier alpha value is -0.940. The minimum atomic E-state index is 0.0966. The monoisotopic (exact) mass is 283 g/mol. The molecule has 0 atom stereocenters. The summed E-state index contributed by atoms with van der Waals surface area (Å²) in [4.78, 5) is 20.2. The molecule has 5 heteroatoms. The summed E-state index contributed by atoms with van der Waals surface area (Å²) in [6.45, 7) is 10.6. The number of thiazole rings is 1. The molecule has 1 amide bonds. The molecule has 1 aromatic heterocycles. The Labute approximate surface area is 120 Å². The van der Waals surface area contributed by atoms with Crippen LogP contribution in [0.15, 0.2) is 5.38 Å². The SMILES string of the molecule is CCN(CC(=O)N(C)C)Cc1csc(C(C)(C)C)n1. The highest BCUT2D eigenvalue weighted by Crippen LogP contribution is 2.25. The molecular weight excluding hydrogens is 258 g/mol. The van der Waals surface area contributed by atoms with Gasteiger partial charge >= 0.3 is 0 Å². The molecule has 0 aromatic carbocycles. The molecule has 0 saturated carbocycles. The topological polar surface area (TPSA) is 36.4 Å². The van der Waals surface area contributed by atoms with Gasteiger partial charge in [-0.3, -0.25) is 9.69 Å². The van der Waals surface area contributed by atoms with Gasteiger partial charge in [0.05, 0.1) is 17.2 Å². The first kappa shape index (κ1) is 16.1. The van der Waals surface area contributed by atoms with E-state index in [0.717, 1.165) is 23.8 Å². The lowest BCUT2D eigenvalue weighted by molar-refractivity contribution is -0.130. The summed E-state index contributed by atoms with van der Waals surface area (Å²) in [7, 11) is 3.58. The second-order valence-electron chi connectivity index (χ2n) is 5.99. The normalized spacial score (nSPS) is 11.9. The molecule has 108 valence electrons. The molecule has 0 radical (unpaired) electrons. The van der Waals surface area contributed by atoms with E-state index in [-0.39, 0.29) is 11.3 Å². The van der Waals surface area contributed by atoms with Gasteiger partial charge in [0, 0.05) is 31.4 Å². The Morgan fingerprint density at radius 2 is 2.00 bits per heavy atom. The zero-order valence-corrected chi connectivity index (χ0v) is 13.7. The van der Waals surface area contributed by atoms with Gasteiger partial charge in [0.2, 0.25) is 5.91 Å². The van der Waals surface area contributed by atoms with Crippen LogP contribution in [0.2, 0.25) is 0 Å². The third-order valence-corrected chi connectivity index (χ3v) is 4.20. The van der Waals surface area contributed by atoms with Crippen molar-refractivity contribution in [2.75, 3.05) is 27.2 Å². The van der Waals surface area contributed by atoms with Crippen molar-refractivity contribution in [3.05, 3.63) is 16.1 Å². The first-order chi connectivity index (χ1) is 8.74. The van der Waals surface area contributed by atoms with Crippen LogP contribution in [0.4, 0.5) is 0 Å². The minimum absolute atomic E-state index is 0.0966. The first-order valence-electron chi connectivity index (χ1n) is 6.61. The average Bonchev–Trinajstić information content (AvgIpc) is 2.76. The van der Waals surface area contributed by atoms with Gasteiger partial charge in [-0.1, -0.05) is 27.7 Å². The summed E-state index contributed by atoms with van der Waals surface area (Å²) in [5.74, 6) is 0.133. The Morgan fingerprint density at radius 3 is 2.42 bits per heavy atom. The van der Waals surface area contributed by atoms with Crippen LogP contribution in [0.1, 0.15) is 38.4 Å². The van der Waals surface area contributed by atoms with Crippen LogP contribution >= 0.6 is 11.3 Å². The van der Waals surface area contributed by atoms with Crippen LogP contribution in [-0.4, -0.2) is 47.9 Å². The molecule has 0 spiro atoms. The van der Waals surface area contributed by atoms with E-state index in [1.807, 2.05) is 0 Å². The molecule has 0 aliphatic carbocycles. The molecule has 1 aromatic rings. The third-order valence-electron chi connectivity index (χ3n) is 2.88. The predicted octanol–water partition coefficient (Wildman–Crippen LogP) is 2.35. The van der Waals surface area contributed by atoms with Gasteiger partial charge in [-0.2, -0.15) is 0 Å². The van der Waals surface area contributed by atoms with Crippen LogP contribution in [0.5, 0.6) is 0 Å². The molecule has 0 N–H and O–H groups in total. The summed E-state index contributed by atoms with van der Waals surface area (Å²) >= 11 is 1.70. The van der Waals surface area contributed by atoms with Gasteiger partial charge in [-0.05, 0) is 6.54 Å². The van der Waals surface area contributed by atoms with E-state index in [9.17, 15) is 4.79 Å².